The van der Waals surface area contributed by atoms with E-state index in [9.17, 15) is 9.59 Å². The molecule has 3 aromatic rings. The van der Waals surface area contributed by atoms with Crippen molar-refractivity contribution in [3.05, 3.63) is 84.1 Å². The summed E-state index contributed by atoms with van der Waals surface area (Å²) < 4.78 is 5.06. The van der Waals surface area contributed by atoms with Gasteiger partial charge in [0.1, 0.15) is 5.69 Å². The van der Waals surface area contributed by atoms with Crippen molar-refractivity contribution in [2.45, 2.75) is 6.92 Å². The third-order valence-electron chi connectivity index (χ3n) is 3.51. The number of carbonyl (C=O) groups is 2. The number of nitrogens with one attached hydrogen (secondary N) is 2. The fourth-order valence-electron chi connectivity index (χ4n) is 2.18. The smallest absolute Gasteiger partial charge is 0.291 e. The number of rotatable bonds is 5. The molecule has 0 bridgehead atoms. The second-order valence-electron chi connectivity index (χ2n) is 5.37. The first-order valence-corrected chi connectivity index (χ1v) is 7.84. The molecule has 1 aromatic carbocycles. The van der Waals surface area contributed by atoms with E-state index in [4.69, 9.17) is 4.42 Å². The summed E-state index contributed by atoms with van der Waals surface area (Å²) in [7, 11) is 0. The molecule has 2 amide bonds. The first-order valence-electron chi connectivity index (χ1n) is 7.84. The summed E-state index contributed by atoms with van der Waals surface area (Å²) in [6.45, 7) is 1.76. The Hall–Kier alpha value is -3.74. The average molecular weight is 348 g/mol. The fourth-order valence-corrected chi connectivity index (χ4v) is 2.18. The molecular weight excluding hydrogens is 332 g/mol. The zero-order valence-electron chi connectivity index (χ0n) is 14.0. The van der Waals surface area contributed by atoms with Crippen LogP contribution in [0.15, 0.2) is 76.6 Å². The van der Waals surface area contributed by atoms with Gasteiger partial charge < -0.3 is 9.73 Å². The lowest BCUT2D eigenvalue weighted by molar-refractivity contribution is 0.0948. The highest BCUT2D eigenvalue weighted by molar-refractivity contribution is 6.04. The first kappa shape index (κ1) is 17.1. The van der Waals surface area contributed by atoms with Gasteiger partial charge in [-0.1, -0.05) is 18.2 Å². The zero-order valence-corrected chi connectivity index (χ0v) is 14.0. The lowest BCUT2D eigenvalue weighted by Crippen LogP contribution is -2.20. The van der Waals surface area contributed by atoms with Crippen LogP contribution in [0.3, 0.4) is 0 Å². The summed E-state index contributed by atoms with van der Waals surface area (Å²) in [6.07, 6.45) is 2.98. The molecule has 2 aromatic heterocycles. The molecule has 0 aliphatic carbocycles. The molecule has 0 radical (unpaired) electrons. The van der Waals surface area contributed by atoms with Gasteiger partial charge in [-0.3, -0.25) is 14.6 Å². The summed E-state index contributed by atoms with van der Waals surface area (Å²) >= 11 is 0. The molecule has 0 unspecified atom stereocenters. The summed E-state index contributed by atoms with van der Waals surface area (Å²) in [6, 6.07) is 15.4. The van der Waals surface area contributed by atoms with Crippen molar-refractivity contribution in [1.82, 2.24) is 10.4 Å². The van der Waals surface area contributed by atoms with Gasteiger partial charge in [0.15, 0.2) is 5.76 Å². The molecule has 0 saturated heterocycles. The molecule has 2 N–H and O–H groups in total. The topological polar surface area (TPSA) is 96.6 Å². The van der Waals surface area contributed by atoms with E-state index in [0.717, 1.165) is 5.56 Å². The van der Waals surface area contributed by atoms with E-state index in [2.05, 4.69) is 20.8 Å². The minimum absolute atomic E-state index is 0.225. The lowest BCUT2D eigenvalue weighted by Gasteiger charge is -2.07. The van der Waals surface area contributed by atoms with Crippen LogP contribution in [0.4, 0.5) is 5.69 Å². The third-order valence-corrected chi connectivity index (χ3v) is 3.51. The second kappa shape index (κ2) is 7.89. The molecule has 0 saturated carbocycles. The van der Waals surface area contributed by atoms with Gasteiger partial charge in [-0.15, -0.1) is 0 Å². The number of amides is 2. The lowest BCUT2D eigenvalue weighted by atomic mass is 10.1. The van der Waals surface area contributed by atoms with Crippen molar-refractivity contribution in [3.63, 3.8) is 0 Å². The molecule has 3 rings (SSSR count). The summed E-state index contributed by atoms with van der Waals surface area (Å²) in [5, 5.41) is 6.83. The van der Waals surface area contributed by atoms with Crippen LogP contribution >= 0.6 is 0 Å². The molecule has 130 valence electrons. The average Bonchev–Trinajstić information content (AvgIpc) is 3.22. The Morgan fingerprint density at radius 3 is 2.65 bits per heavy atom. The van der Waals surface area contributed by atoms with Crippen molar-refractivity contribution < 1.29 is 14.0 Å². The van der Waals surface area contributed by atoms with E-state index >= 15 is 0 Å². The van der Waals surface area contributed by atoms with Crippen LogP contribution in [0.5, 0.6) is 0 Å². The minimum atomic E-state index is -0.396. The fraction of sp³-hybridized carbons (Fsp3) is 0.0526. The van der Waals surface area contributed by atoms with Gasteiger partial charge >= 0.3 is 0 Å². The number of carbonyl (C=O) groups excluding carboxylic acids is 2. The number of anilines is 1. The number of nitrogens with zero attached hydrogens (tertiary/aromatic N) is 2. The third kappa shape index (κ3) is 4.21. The van der Waals surface area contributed by atoms with Crippen LogP contribution in [-0.4, -0.2) is 22.5 Å². The van der Waals surface area contributed by atoms with Crippen LogP contribution < -0.4 is 10.7 Å². The highest BCUT2D eigenvalue weighted by Gasteiger charge is 2.10. The molecular formula is C19H16N4O3. The van der Waals surface area contributed by atoms with Crippen molar-refractivity contribution in [3.8, 4) is 0 Å². The van der Waals surface area contributed by atoms with Crippen LogP contribution in [0.1, 0.15) is 33.5 Å². The second-order valence-corrected chi connectivity index (χ2v) is 5.37. The molecule has 7 nitrogen and oxygen atoms in total. The van der Waals surface area contributed by atoms with Crippen LogP contribution in [0.25, 0.3) is 0 Å². The molecule has 0 spiro atoms. The van der Waals surface area contributed by atoms with Crippen LogP contribution in [-0.2, 0) is 0 Å². The van der Waals surface area contributed by atoms with E-state index < -0.39 is 5.91 Å². The summed E-state index contributed by atoms with van der Waals surface area (Å²) in [4.78, 5) is 28.0. The van der Waals surface area contributed by atoms with Crippen molar-refractivity contribution in [2.24, 2.45) is 5.10 Å². The number of pyridine rings is 1. The number of aromatic nitrogens is 1. The number of hydrogen-bond acceptors (Lipinski definition) is 5. The first-order chi connectivity index (χ1) is 12.6. The van der Waals surface area contributed by atoms with E-state index in [1.165, 1.54) is 12.5 Å². The monoisotopic (exact) mass is 348 g/mol. The number of hydrazone groups is 1. The van der Waals surface area contributed by atoms with Crippen molar-refractivity contribution >= 4 is 23.2 Å². The van der Waals surface area contributed by atoms with Gasteiger partial charge in [0, 0.05) is 11.9 Å². The van der Waals surface area contributed by atoms with E-state index in [1.54, 1.807) is 55.5 Å². The Bertz CT molecular complexity index is 934. The van der Waals surface area contributed by atoms with Gasteiger partial charge in [-0.05, 0) is 48.9 Å². The predicted octanol–water partition coefficient (Wildman–Crippen LogP) is 3.08. The highest BCUT2D eigenvalue weighted by atomic mass is 16.3. The zero-order chi connectivity index (χ0) is 18.4. The van der Waals surface area contributed by atoms with Gasteiger partial charge in [-0.25, -0.2) is 5.43 Å². The Morgan fingerprint density at radius 1 is 1.04 bits per heavy atom. The van der Waals surface area contributed by atoms with Crippen molar-refractivity contribution in [2.75, 3.05) is 5.32 Å². The number of furan rings is 1. The Balaban J connectivity index is 1.68. The predicted molar refractivity (Wildman–Crippen MR) is 97.0 cm³/mol. The number of benzene rings is 1. The summed E-state index contributed by atoms with van der Waals surface area (Å²) in [5.74, 6) is -0.513. The van der Waals surface area contributed by atoms with Crippen LogP contribution in [0, 0.1) is 0 Å². The molecule has 26 heavy (non-hydrogen) atoms. The molecule has 0 aliphatic heterocycles. The van der Waals surface area contributed by atoms with Gasteiger partial charge in [0.05, 0.1) is 12.0 Å². The quantitative estimate of drug-likeness (QED) is 0.547. The molecule has 0 fully saturated rings. The maximum Gasteiger partial charge on any atom is 0.291 e. The molecule has 2 heterocycles. The van der Waals surface area contributed by atoms with Crippen LogP contribution in [0.2, 0.25) is 0 Å². The Kier molecular flexibility index (Phi) is 5.19. The SMILES string of the molecule is C/C(=N\NC(=O)c1ccccn1)c1cccc(NC(=O)c2ccco2)c1. The van der Waals surface area contributed by atoms with Gasteiger partial charge in [0.2, 0.25) is 0 Å². The largest absolute Gasteiger partial charge is 0.459 e. The molecule has 0 atom stereocenters. The summed E-state index contributed by atoms with van der Waals surface area (Å²) in [5.41, 5.74) is 4.68. The molecule has 0 aliphatic rings. The Labute approximate surface area is 149 Å². The highest BCUT2D eigenvalue weighted by Crippen LogP contribution is 2.13. The van der Waals surface area contributed by atoms with E-state index in [-0.39, 0.29) is 17.4 Å². The molecule has 7 heteroatoms. The minimum Gasteiger partial charge on any atom is -0.459 e. The van der Waals surface area contributed by atoms with Gasteiger partial charge in [0.25, 0.3) is 11.8 Å². The maximum absolute atomic E-state index is 12.0. The number of hydrogen-bond donors (Lipinski definition) is 2. The normalized spacial score (nSPS) is 11.0. The van der Waals surface area contributed by atoms with Gasteiger partial charge in [-0.2, -0.15) is 5.10 Å². The standard InChI is InChI=1S/C19H16N4O3/c1-13(22-23-18(24)16-8-2-3-10-20-16)14-6-4-7-15(12-14)21-19(25)17-9-5-11-26-17/h2-12H,1H3,(H,21,25)(H,23,24)/b22-13+. The maximum atomic E-state index is 12.0. The van der Waals surface area contributed by atoms with Crippen molar-refractivity contribution in [1.29, 1.82) is 0 Å². The van der Waals surface area contributed by atoms with E-state index in [0.29, 0.717) is 11.4 Å². The van der Waals surface area contributed by atoms with E-state index in [1.807, 2.05) is 6.07 Å². The Morgan fingerprint density at radius 2 is 1.92 bits per heavy atom.